The summed E-state index contributed by atoms with van der Waals surface area (Å²) in [6, 6.07) is 3.68. The molecule has 62 valence electrons. The molecule has 2 rings (SSSR count). The van der Waals surface area contributed by atoms with E-state index < -0.39 is 0 Å². The summed E-state index contributed by atoms with van der Waals surface area (Å²) in [6.07, 6.45) is 0. The van der Waals surface area contributed by atoms with Crippen molar-refractivity contribution in [3.63, 3.8) is 0 Å². The quantitative estimate of drug-likeness (QED) is 0.779. The van der Waals surface area contributed by atoms with Gasteiger partial charge < -0.3 is 4.98 Å². The van der Waals surface area contributed by atoms with Crippen LogP contribution in [0.1, 0.15) is 0 Å². The van der Waals surface area contributed by atoms with Gasteiger partial charge in [-0.25, -0.2) is 0 Å². The fraction of sp³-hybridized carbons (Fsp3) is 0. The van der Waals surface area contributed by atoms with Gasteiger partial charge in [0, 0.05) is 4.47 Å². The molecule has 0 fully saturated rings. The Morgan fingerprint density at radius 3 is 3.00 bits per heavy atom. The third-order valence-corrected chi connectivity index (χ3v) is 3.62. The van der Waals surface area contributed by atoms with E-state index in [-0.39, 0.29) is 4.87 Å². The second-order valence-corrected chi connectivity index (χ2v) is 4.50. The van der Waals surface area contributed by atoms with E-state index in [1.807, 2.05) is 12.1 Å². The van der Waals surface area contributed by atoms with Gasteiger partial charge >= 0.3 is 4.87 Å². The number of halogens is 2. The van der Waals surface area contributed by atoms with Crippen molar-refractivity contribution in [2.75, 3.05) is 0 Å². The minimum atomic E-state index is -0.0787. The van der Waals surface area contributed by atoms with Crippen molar-refractivity contribution in [1.29, 1.82) is 0 Å². The fourth-order valence-corrected chi connectivity index (χ4v) is 2.30. The smallest absolute Gasteiger partial charge is 0.305 e. The number of rotatable bonds is 0. The normalized spacial score (nSPS) is 10.8. The van der Waals surface area contributed by atoms with Crippen molar-refractivity contribution in [3.05, 3.63) is 31.3 Å². The van der Waals surface area contributed by atoms with Gasteiger partial charge in [0.15, 0.2) is 0 Å². The second kappa shape index (κ2) is 2.87. The molecule has 0 bridgehead atoms. The molecular weight excluding hydrogens is 262 g/mol. The Bertz CT molecular complexity index is 490. The summed E-state index contributed by atoms with van der Waals surface area (Å²) < 4.78 is 1.68. The molecule has 12 heavy (non-hydrogen) atoms. The van der Waals surface area contributed by atoms with Crippen LogP contribution in [0.25, 0.3) is 10.2 Å². The molecule has 0 radical (unpaired) electrons. The SMILES string of the molecule is O=c1[nH]c2c(Cl)c(Br)ccc2s1. The van der Waals surface area contributed by atoms with Crippen LogP contribution < -0.4 is 4.87 Å². The van der Waals surface area contributed by atoms with Gasteiger partial charge in [-0.1, -0.05) is 22.9 Å². The third kappa shape index (κ3) is 1.20. The lowest BCUT2D eigenvalue weighted by Gasteiger charge is -1.94. The maximum Gasteiger partial charge on any atom is 0.305 e. The van der Waals surface area contributed by atoms with Gasteiger partial charge in [-0.05, 0) is 28.1 Å². The van der Waals surface area contributed by atoms with E-state index in [0.717, 1.165) is 20.5 Å². The largest absolute Gasteiger partial charge is 0.311 e. The van der Waals surface area contributed by atoms with Crippen LogP contribution in [0.3, 0.4) is 0 Å². The van der Waals surface area contributed by atoms with Crippen LogP contribution >= 0.6 is 38.9 Å². The number of hydrogen-bond donors (Lipinski definition) is 1. The van der Waals surface area contributed by atoms with E-state index in [0.29, 0.717) is 10.5 Å². The van der Waals surface area contributed by atoms with E-state index >= 15 is 0 Å². The zero-order valence-electron chi connectivity index (χ0n) is 5.73. The standard InChI is InChI=1S/C7H3BrClNOS/c8-3-1-2-4-6(5(3)9)10-7(11)12-4/h1-2H,(H,10,11). The highest BCUT2D eigenvalue weighted by Gasteiger charge is 2.05. The molecule has 0 aliphatic heterocycles. The van der Waals surface area contributed by atoms with Gasteiger partial charge in [0.05, 0.1) is 15.2 Å². The molecule has 0 amide bonds. The average molecular weight is 265 g/mol. The number of aromatic amines is 1. The number of fused-ring (bicyclic) bond motifs is 1. The lowest BCUT2D eigenvalue weighted by atomic mass is 10.3. The van der Waals surface area contributed by atoms with Gasteiger partial charge in [0.2, 0.25) is 0 Å². The first-order valence-electron chi connectivity index (χ1n) is 3.15. The fourth-order valence-electron chi connectivity index (χ4n) is 0.962. The molecule has 0 saturated heterocycles. The predicted octanol–water partition coefficient (Wildman–Crippen LogP) is 3.01. The molecule has 2 aromatic rings. The Hall–Kier alpha value is -0.320. The molecule has 0 unspecified atom stereocenters. The molecule has 1 aromatic heterocycles. The highest BCUT2D eigenvalue weighted by Crippen LogP contribution is 2.30. The highest BCUT2D eigenvalue weighted by molar-refractivity contribution is 9.10. The molecule has 2 nitrogen and oxygen atoms in total. The minimum Gasteiger partial charge on any atom is -0.311 e. The van der Waals surface area contributed by atoms with Crippen molar-refractivity contribution in [2.45, 2.75) is 0 Å². The monoisotopic (exact) mass is 263 g/mol. The Morgan fingerprint density at radius 2 is 2.25 bits per heavy atom. The van der Waals surface area contributed by atoms with Crippen LogP contribution in [-0.2, 0) is 0 Å². The van der Waals surface area contributed by atoms with Crippen LogP contribution in [0.4, 0.5) is 0 Å². The number of H-pyrrole nitrogens is 1. The average Bonchev–Trinajstić information content (AvgIpc) is 2.39. The number of nitrogens with one attached hydrogen (secondary N) is 1. The van der Waals surface area contributed by atoms with Crippen molar-refractivity contribution < 1.29 is 0 Å². The Labute approximate surface area is 85.3 Å². The van der Waals surface area contributed by atoms with E-state index in [2.05, 4.69) is 20.9 Å². The molecule has 1 aromatic carbocycles. The summed E-state index contributed by atoms with van der Waals surface area (Å²) in [5.74, 6) is 0. The third-order valence-electron chi connectivity index (χ3n) is 1.49. The van der Waals surface area contributed by atoms with Crippen LogP contribution in [0, 0.1) is 0 Å². The van der Waals surface area contributed by atoms with Crippen LogP contribution in [0.15, 0.2) is 21.4 Å². The van der Waals surface area contributed by atoms with Gasteiger partial charge in [0.25, 0.3) is 0 Å². The summed E-state index contributed by atoms with van der Waals surface area (Å²) >= 11 is 10.4. The Kier molecular flexibility index (Phi) is 1.98. The number of aromatic nitrogens is 1. The van der Waals surface area contributed by atoms with Gasteiger partial charge in [-0.2, -0.15) is 0 Å². The summed E-state index contributed by atoms with van der Waals surface area (Å²) in [4.78, 5) is 13.5. The molecular formula is C7H3BrClNOS. The lowest BCUT2D eigenvalue weighted by molar-refractivity contribution is 1.40. The highest BCUT2D eigenvalue weighted by atomic mass is 79.9. The molecule has 0 aliphatic carbocycles. The van der Waals surface area contributed by atoms with Gasteiger partial charge in [0.1, 0.15) is 0 Å². The second-order valence-electron chi connectivity index (χ2n) is 2.25. The Balaban J connectivity index is 2.99. The molecule has 5 heteroatoms. The van der Waals surface area contributed by atoms with E-state index in [1.165, 1.54) is 0 Å². The van der Waals surface area contributed by atoms with Crippen molar-refractivity contribution >= 4 is 49.1 Å². The Morgan fingerprint density at radius 1 is 1.50 bits per heavy atom. The van der Waals surface area contributed by atoms with Crippen molar-refractivity contribution in [1.82, 2.24) is 4.98 Å². The molecule has 0 spiro atoms. The molecule has 0 atom stereocenters. The van der Waals surface area contributed by atoms with E-state index in [4.69, 9.17) is 11.6 Å². The molecule has 1 N–H and O–H groups in total. The zero-order chi connectivity index (χ0) is 8.72. The first kappa shape index (κ1) is 8.29. The maximum atomic E-state index is 10.9. The number of benzene rings is 1. The molecule has 0 saturated carbocycles. The summed E-state index contributed by atoms with van der Waals surface area (Å²) in [5, 5.41) is 0.561. The topological polar surface area (TPSA) is 32.9 Å². The van der Waals surface area contributed by atoms with Crippen molar-refractivity contribution in [3.8, 4) is 0 Å². The summed E-state index contributed by atoms with van der Waals surface area (Å²) in [6.45, 7) is 0. The number of thiazole rings is 1. The molecule has 1 heterocycles. The maximum absolute atomic E-state index is 10.9. The van der Waals surface area contributed by atoms with Crippen LogP contribution in [0.5, 0.6) is 0 Å². The van der Waals surface area contributed by atoms with Crippen LogP contribution in [0.2, 0.25) is 5.02 Å². The predicted molar refractivity (Wildman–Crippen MR) is 55.2 cm³/mol. The first-order chi connectivity index (χ1) is 5.68. The minimum absolute atomic E-state index is 0.0787. The van der Waals surface area contributed by atoms with Gasteiger partial charge in [-0.15, -0.1) is 0 Å². The number of hydrogen-bond acceptors (Lipinski definition) is 2. The van der Waals surface area contributed by atoms with Crippen molar-refractivity contribution in [2.24, 2.45) is 0 Å². The summed E-state index contributed by atoms with van der Waals surface area (Å²) in [7, 11) is 0. The summed E-state index contributed by atoms with van der Waals surface area (Å²) in [5.41, 5.74) is 0.709. The first-order valence-corrected chi connectivity index (χ1v) is 5.14. The van der Waals surface area contributed by atoms with E-state index in [9.17, 15) is 4.79 Å². The van der Waals surface area contributed by atoms with Crippen LogP contribution in [-0.4, -0.2) is 4.98 Å². The molecule has 0 aliphatic rings. The van der Waals surface area contributed by atoms with E-state index in [1.54, 1.807) is 0 Å². The lowest BCUT2D eigenvalue weighted by Crippen LogP contribution is -1.89. The van der Waals surface area contributed by atoms with Gasteiger partial charge in [-0.3, -0.25) is 4.79 Å². The zero-order valence-corrected chi connectivity index (χ0v) is 8.89.